The van der Waals surface area contributed by atoms with Crippen LogP contribution >= 0.6 is 0 Å². The van der Waals surface area contributed by atoms with Gasteiger partial charge in [0.2, 0.25) is 0 Å². The van der Waals surface area contributed by atoms with E-state index in [0.717, 1.165) is 38.0 Å². The maximum absolute atomic E-state index is 10.6. The monoisotopic (exact) mass is 448 g/mol. The molecule has 2 saturated heterocycles. The second-order valence-corrected chi connectivity index (χ2v) is 13.2. The maximum atomic E-state index is 10.6. The van der Waals surface area contributed by atoms with Crippen molar-refractivity contribution in [2.75, 3.05) is 13.2 Å². The molecule has 0 unspecified atom stereocenters. The molecule has 0 amide bonds. The molecule has 0 radical (unpaired) electrons. The molecule has 6 rings (SSSR count). The second-order valence-electron chi connectivity index (χ2n) is 13.2. The van der Waals surface area contributed by atoms with Crippen LogP contribution in [0.2, 0.25) is 0 Å². The van der Waals surface area contributed by atoms with Gasteiger partial charge in [-0.3, -0.25) is 0 Å². The van der Waals surface area contributed by atoms with E-state index in [4.69, 9.17) is 9.47 Å². The molecule has 0 aromatic heterocycles. The number of aliphatic hydroxyl groups is 3. The normalized spacial score (nSPS) is 61.7. The molecule has 182 valence electrons. The summed E-state index contributed by atoms with van der Waals surface area (Å²) in [5, 5.41) is 30.4. The largest absolute Gasteiger partial charge is 0.396 e. The van der Waals surface area contributed by atoms with Crippen LogP contribution in [0.4, 0.5) is 0 Å². The van der Waals surface area contributed by atoms with Gasteiger partial charge in [-0.25, -0.2) is 0 Å². The third-order valence-electron chi connectivity index (χ3n) is 12.1. The third kappa shape index (κ3) is 2.87. The Morgan fingerprint density at radius 3 is 2.44 bits per heavy atom. The molecular formula is C27H44O5. The van der Waals surface area contributed by atoms with Gasteiger partial charge in [0, 0.05) is 24.9 Å². The summed E-state index contributed by atoms with van der Waals surface area (Å²) in [4.78, 5) is 0. The summed E-state index contributed by atoms with van der Waals surface area (Å²) in [6, 6.07) is 0. The van der Waals surface area contributed by atoms with Gasteiger partial charge in [-0.2, -0.15) is 0 Å². The molecule has 32 heavy (non-hydrogen) atoms. The molecule has 5 nitrogen and oxygen atoms in total. The van der Waals surface area contributed by atoms with E-state index in [9.17, 15) is 15.3 Å². The first-order valence-electron chi connectivity index (χ1n) is 13.5. The van der Waals surface area contributed by atoms with Gasteiger partial charge < -0.3 is 24.8 Å². The van der Waals surface area contributed by atoms with Crippen LogP contribution in [0.25, 0.3) is 0 Å². The summed E-state index contributed by atoms with van der Waals surface area (Å²) in [6.07, 6.45) is 8.83. The fourth-order valence-electron chi connectivity index (χ4n) is 10.4. The molecule has 4 saturated carbocycles. The van der Waals surface area contributed by atoms with Gasteiger partial charge in [0.05, 0.1) is 24.9 Å². The first-order valence-corrected chi connectivity index (χ1v) is 13.5. The van der Waals surface area contributed by atoms with E-state index in [1.54, 1.807) is 0 Å². The highest BCUT2D eigenvalue weighted by Gasteiger charge is 2.69. The Morgan fingerprint density at radius 2 is 1.72 bits per heavy atom. The van der Waals surface area contributed by atoms with Gasteiger partial charge in [0.1, 0.15) is 0 Å². The average molecular weight is 449 g/mol. The Hall–Kier alpha value is -0.200. The summed E-state index contributed by atoms with van der Waals surface area (Å²) in [6.45, 7) is 8.21. The van der Waals surface area contributed by atoms with E-state index in [-0.39, 0.29) is 17.9 Å². The van der Waals surface area contributed by atoms with Gasteiger partial charge in [-0.1, -0.05) is 20.8 Å². The maximum Gasteiger partial charge on any atom is 0.171 e. The minimum Gasteiger partial charge on any atom is -0.396 e. The van der Waals surface area contributed by atoms with Crippen LogP contribution in [0.5, 0.6) is 0 Å². The molecule has 2 heterocycles. The summed E-state index contributed by atoms with van der Waals surface area (Å²) >= 11 is 0. The highest BCUT2D eigenvalue weighted by atomic mass is 16.7. The Bertz CT molecular complexity index is 734. The first kappa shape index (κ1) is 22.3. The highest BCUT2D eigenvalue weighted by Crippen LogP contribution is 2.71. The van der Waals surface area contributed by atoms with Crippen molar-refractivity contribution in [3.05, 3.63) is 0 Å². The van der Waals surface area contributed by atoms with Crippen LogP contribution in [0.3, 0.4) is 0 Å². The molecule has 3 N–H and O–H groups in total. The van der Waals surface area contributed by atoms with E-state index < -0.39 is 18.0 Å². The van der Waals surface area contributed by atoms with E-state index in [0.29, 0.717) is 47.7 Å². The van der Waals surface area contributed by atoms with Crippen molar-refractivity contribution in [3.63, 3.8) is 0 Å². The van der Waals surface area contributed by atoms with Gasteiger partial charge in [0.25, 0.3) is 0 Å². The van der Waals surface area contributed by atoms with Crippen LogP contribution in [-0.4, -0.2) is 52.6 Å². The van der Waals surface area contributed by atoms with Crippen LogP contribution in [-0.2, 0) is 9.47 Å². The van der Waals surface area contributed by atoms with E-state index in [1.807, 2.05) is 0 Å². The van der Waals surface area contributed by atoms with E-state index >= 15 is 0 Å². The first-order chi connectivity index (χ1) is 15.2. The van der Waals surface area contributed by atoms with Gasteiger partial charge >= 0.3 is 0 Å². The summed E-state index contributed by atoms with van der Waals surface area (Å²) in [5.41, 5.74) is 0.474. The quantitative estimate of drug-likeness (QED) is 0.570. The predicted molar refractivity (Wildman–Crippen MR) is 121 cm³/mol. The van der Waals surface area contributed by atoms with Crippen molar-refractivity contribution in [3.8, 4) is 0 Å². The molecular weight excluding hydrogens is 404 g/mol. The minimum absolute atomic E-state index is 0.167. The lowest BCUT2D eigenvalue weighted by molar-refractivity contribution is -0.276. The van der Waals surface area contributed by atoms with Gasteiger partial charge in [0.15, 0.2) is 5.79 Å². The average Bonchev–Trinajstić information content (AvgIpc) is 3.20. The third-order valence-corrected chi connectivity index (χ3v) is 12.1. The zero-order valence-electron chi connectivity index (χ0n) is 20.2. The number of rotatable bonds is 1. The van der Waals surface area contributed by atoms with Crippen molar-refractivity contribution in [2.45, 2.75) is 103 Å². The van der Waals surface area contributed by atoms with Crippen molar-refractivity contribution < 1.29 is 24.8 Å². The SMILES string of the molecule is C[C@H]1[C@H]2[C@H](C[C@H]3[C@@H]4CC[C@@H]5C[C@H](O)[C@@H](O)C[C@]5(C)[C@H]4CC[C@]23C)O[C@]12CC[C@@H](CO)CO2. The molecule has 0 aromatic carbocycles. The van der Waals surface area contributed by atoms with Crippen molar-refractivity contribution in [2.24, 2.45) is 52.3 Å². The topological polar surface area (TPSA) is 79.2 Å². The molecule has 0 bridgehead atoms. The van der Waals surface area contributed by atoms with Gasteiger partial charge in [-0.15, -0.1) is 0 Å². The molecule has 5 heteroatoms. The Balaban J connectivity index is 1.24. The van der Waals surface area contributed by atoms with Crippen molar-refractivity contribution >= 4 is 0 Å². The van der Waals surface area contributed by atoms with E-state index in [1.165, 1.54) is 25.7 Å². The number of aliphatic hydroxyl groups excluding tert-OH is 3. The minimum atomic E-state index is -0.555. The molecule has 0 aromatic rings. The molecule has 4 aliphatic carbocycles. The Morgan fingerprint density at radius 1 is 0.906 bits per heavy atom. The molecule has 6 aliphatic rings. The Labute approximate surface area is 193 Å². The molecule has 6 fully saturated rings. The lowest BCUT2D eigenvalue weighted by Gasteiger charge is -2.61. The number of ether oxygens (including phenoxy) is 2. The van der Waals surface area contributed by atoms with Crippen molar-refractivity contribution in [1.29, 1.82) is 0 Å². The van der Waals surface area contributed by atoms with Crippen LogP contribution < -0.4 is 0 Å². The van der Waals surface area contributed by atoms with Crippen LogP contribution in [0.1, 0.15) is 78.6 Å². The Kier molecular flexibility index (Phi) is 5.15. The highest BCUT2D eigenvalue weighted by molar-refractivity contribution is 5.15. The summed E-state index contributed by atoms with van der Waals surface area (Å²) in [7, 11) is 0. The zero-order valence-corrected chi connectivity index (χ0v) is 20.2. The summed E-state index contributed by atoms with van der Waals surface area (Å²) < 4.78 is 13.2. The number of hydrogen-bond donors (Lipinski definition) is 3. The fourth-order valence-corrected chi connectivity index (χ4v) is 10.4. The molecule has 1 spiro atoms. The lowest BCUT2D eigenvalue weighted by Crippen LogP contribution is -2.57. The molecule has 2 aliphatic heterocycles. The smallest absolute Gasteiger partial charge is 0.171 e. The summed E-state index contributed by atoms with van der Waals surface area (Å²) in [5.74, 6) is 3.44. The zero-order chi connectivity index (χ0) is 22.5. The lowest BCUT2D eigenvalue weighted by atomic mass is 9.44. The molecule has 13 atom stereocenters. The van der Waals surface area contributed by atoms with Crippen molar-refractivity contribution in [1.82, 2.24) is 0 Å². The van der Waals surface area contributed by atoms with E-state index in [2.05, 4.69) is 20.8 Å². The van der Waals surface area contributed by atoms with Crippen LogP contribution in [0, 0.1) is 52.3 Å². The van der Waals surface area contributed by atoms with Gasteiger partial charge in [-0.05, 0) is 91.8 Å². The number of hydrogen-bond acceptors (Lipinski definition) is 5. The predicted octanol–water partition coefficient (Wildman–Crippen LogP) is 3.74. The van der Waals surface area contributed by atoms with Crippen LogP contribution in [0.15, 0.2) is 0 Å². The standard InChI is InChI=1S/C27H44O5/c1-15-24-23(32-27(15)9-6-16(13-28)14-31-27)11-20-18-5-4-17-10-21(29)22(30)12-26(17,3)19(18)7-8-25(20,24)2/h15-24,28-30H,4-14H2,1-3H3/t15-,16-,17+,18+,19-,20-,21-,22-,23-,24-,25-,26-,27+/m0/s1. The fraction of sp³-hybridized carbons (Fsp3) is 1.00. The number of fused-ring (bicyclic) bond motifs is 7. The second kappa shape index (κ2) is 7.40.